The van der Waals surface area contributed by atoms with Crippen LogP contribution in [0.25, 0.3) is 17.5 Å². The standard InChI is InChI=1S/C22H10Cl4N4OS/c23-14-3-1-10(5-16(14)25)6-18-21(31)30-20(29)12(8-27)19(13(9-28)22(30)32-18)11-2-4-15(24)17(26)7-11/h1-7,19H,29H2. The molecule has 0 fully saturated rings. The summed E-state index contributed by atoms with van der Waals surface area (Å²) in [6.07, 6.45) is 1.63. The van der Waals surface area contributed by atoms with Gasteiger partial charge >= 0.3 is 0 Å². The van der Waals surface area contributed by atoms with Gasteiger partial charge in [-0.2, -0.15) is 10.5 Å². The van der Waals surface area contributed by atoms with Crippen LogP contribution in [0.1, 0.15) is 17.0 Å². The molecule has 4 rings (SSSR count). The van der Waals surface area contributed by atoms with Crippen LogP contribution in [0.5, 0.6) is 0 Å². The lowest BCUT2D eigenvalue weighted by atomic mass is 9.84. The zero-order chi connectivity index (χ0) is 23.2. The van der Waals surface area contributed by atoms with Gasteiger partial charge in [0.2, 0.25) is 0 Å². The van der Waals surface area contributed by atoms with Crippen molar-refractivity contribution < 1.29 is 0 Å². The zero-order valence-electron chi connectivity index (χ0n) is 15.9. The van der Waals surface area contributed by atoms with Crippen LogP contribution >= 0.6 is 57.7 Å². The topological polar surface area (TPSA) is 95.6 Å². The first-order valence-electron chi connectivity index (χ1n) is 8.94. The normalized spacial score (nSPS) is 16.0. The van der Waals surface area contributed by atoms with Crippen LogP contribution < -0.4 is 20.5 Å². The molecule has 158 valence electrons. The Morgan fingerprint density at radius 3 is 2.16 bits per heavy atom. The van der Waals surface area contributed by atoms with E-state index in [0.717, 1.165) is 11.3 Å². The minimum atomic E-state index is -0.782. The minimum Gasteiger partial charge on any atom is -0.384 e. The molecule has 2 N–H and O–H groups in total. The Labute approximate surface area is 206 Å². The average molecular weight is 520 g/mol. The number of benzene rings is 2. The van der Waals surface area contributed by atoms with Crippen molar-refractivity contribution in [3.63, 3.8) is 0 Å². The van der Waals surface area contributed by atoms with Gasteiger partial charge in [-0.3, -0.25) is 9.36 Å². The second-order valence-corrected chi connectivity index (χ2v) is 9.43. The Balaban J connectivity index is 2.04. The summed E-state index contributed by atoms with van der Waals surface area (Å²) in [7, 11) is 0. The molecule has 0 radical (unpaired) electrons. The van der Waals surface area contributed by atoms with Crippen LogP contribution in [0.15, 0.2) is 46.8 Å². The van der Waals surface area contributed by atoms with E-state index in [2.05, 4.69) is 12.1 Å². The largest absolute Gasteiger partial charge is 0.384 e. The van der Waals surface area contributed by atoms with Gasteiger partial charge in [0.1, 0.15) is 10.5 Å². The maximum absolute atomic E-state index is 13.1. The fourth-order valence-corrected chi connectivity index (χ4v) is 5.17. The summed E-state index contributed by atoms with van der Waals surface area (Å²) >= 11 is 25.3. The van der Waals surface area contributed by atoms with Gasteiger partial charge in [0.05, 0.1) is 53.8 Å². The van der Waals surface area contributed by atoms with E-state index in [-0.39, 0.29) is 22.0 Å². The minimum absolute atomic E-state index is 0.0346. The molecule has 0 aliphatic carbocycles. The van der Waals surface area contributed by atoms with E-state index >= 15 is 0 Å². The van der Waals surface area contributed by atoms with Crippen LogP contribution in [-0.2, 0) is 0 Å². The van der Waals surface area contributed by atoms with E-state index in [1.807, 2.05) is 0 Å². The number of nitrogens with two attached hydrogens (primary N) is 1. The smallest absolute Gasteiger partial charge is 0.274 e. The Morgan fingerprint density at radius 1 is 0.938 bits per heavy atom. The van der Waals surface area contributed by atoms with E-state index in [1.165, 1.54) is 4.57 Å². The number of thiazole rings is 1. The van der Waals surface area contributed by atoms with Crippen LogP contribution in [0.2, 0.25) is 20.1 Å². The molecule has 0 saturated carbocycles. The predicted molar refractivity (Wildman–Crippen MR) is 129 cm³/mol. The first-order chi connectivity index (χ1) is 15.3. The fraction of sp³-hybridized carbons (Fsp3) is 0.0455. The van der Waals surface area contributed by atoms with E-state index in [1.54, 1.807) is 42.5 Å². The first kappa shape index (κ1) is 22.5. The summed E-state index contributed by atoms with van der Waals surface area (Å²) in [6, 6.07) is 14.0. The Hall–Kier alpha value is -2.71. The Kier molecular flexibility index (Phi) is 6.09. The number of hydrogen-bond donors (Lipinski definition) is 1. The highest BCUT2D eigenvalue weighted by Gasteiger charge is 2.32. The highest BCUT2D eigenvalue weighted by atomic mass is 35.5. The third-order valence-corrected chi connectivity index (χ3v) is 7.49. The van der Waals surface area contributed by atoms with Crippen molar-refractivity contribution in [1.82, 2.24) is 4.57 Å². The summed E-state index contributed by atoms with van der Waals surface area (Å²) < 4.78 is 1.86. The van der Waals surface area contributed by atoms with E-state index in [0.29, 0.717) is 35.4 Å². The summed E-state index contributed by atoms with van der Waals surface area (Å²) in [5.74, 6) is -0.816. The molecule has 1 unspecified atom stereocenters. The van der Waals surface area contributed by atoms with Gasteiger partial charge in [-0.15, -0.1) is 11.3 Å². The summed E-state index contributed by atoms with van der Waals surface area (Å²) in [6.45, 7) is 0. The number of rotatable bonds is 2. The number of halogens is 4. The second kappa shape index (κ2) is 8.67. The number of hydrogen-bond acceptors (Lipinski definition) is 5. The van der Waals surface area contributed by atoms with Gasteiger partial charge in [-0.25, -0.2) is 0 Å². The third kappa shape index (κ3) is 3.71. The van der Waals surface area contributed by atoms with Crippen molar-refractivity contribution in [2.45, 2.75) is 5.92 Å². The molecular formula is C22H10Cl4N4OS. The van der Waals surface area contributed by atoms with Crippen LogP contribution in [0.3, 0.4) is 0 Å². The van der Waals surface area contributed by atoms with Crippen molar-refractivity contribution in [2.24, 2.45) is 5.73 Å². The van der Waals surface area contributed by atoms with Crippen molar-refractivity contribution in [2.75, 3.05) is 0 Å². The number of fused-ring (bicyclic) bond motifs is 1. The molecule has 2 heterocycles. The third-order valence-electron chi connectivity index (χ3n) is 4.91. The van der Waals surface area contributed by atoms with Gasteiger partial charge in [0.25, 0.3) is 5.56 Å². The number of allylic oxidation sites excluding steroid dienone is 1. The summed E-state index contributed by atoms with van der Waals surface area (Å²) in [5.41, 5.74) is 7.32. The van der Waals surface area contributed by atoms with Gasteiger partial charge in [-0.05, 0) is 41.5 Å². The van der Waals surface area contributed by atoms with Crippen LogP contribution in [0.4, 0.5) is 0 Å². The summed E-state index contributed by atoms with van der Waals surface area (Å²) in [5, 5.41) is 21.2. The predicted octanol–water partition coefficient (Wildman–Crippen LogP) is 4.47. The second-order valence-electron chi connectivity index (χ2n) is 6.77. The van der Waals surface area contributed by atoms with Gasteiger partial charge in [0.15, 0.2) is 0 Å². The molecular weight excluding hydrogens is 510 g/mol. The quantitative estimate of drug-likeness (QED) is 0.540. The summed E-state index contributed by atoms with van der Waals surface area (Å²) in [4.78, 5) is 13.1. The molecule has 3 aromatic rings. The maximum atomic E-state index is 13.1. The average Bonchev–Trinajstić information content (AvgIpc) is 3.08. The van der Waals surface area contributed by atoms with Gasteiger partial charge in [-0.1, -0.05) is 58.5 Å². The van der Waals surface area contributed by atoms with E-state index < -0.39 is 11.5 Å². The number of aromatic nitrogens is 1. The molecule has 1 atom stereocenters. The molecule has 0 spiro atoms. The van der Waals surface area contributed by atoms with Gasteiger partial charge in [0, 0.05) is 0 Å². The maximum Gasteiger partial charge on any atom is 0.274 e. The fourth-order valence-electron chi connectivity index (χ4n) is 3.43. The molecule has 10 heteroatoms. The molecule has 0 saturated heterocycles. The van der Waals surface area contributed by atoms with Crippen molar-refractivity contribution in [3.8, 4) is 12.1 Å². The molecule has 0 bridgehead atoms. The SMILES string of the molecule is N#CC1=C(N)n2c(sc(=Cc3ccc(Cl)c(Cl)c3)c2=O)=C(C#N)C1c1ccc(Cl)c(Cl)c1. The highest BCUT2D eigenvalue weighted by Crippen LogP contribution is 2.37. The van der Waals surface area contributed by atoms with Crippen LogP contribution in [0, 0.1) is 22.7 Å². The zero-order valence-corrected chi connectivity index (χ0v) is 19.7. The molecule has 1 aliphatic rings. The molecule has 1 aromatic heterocycles. The molecule has 0 amide bonds. The van der Waals surface area contributed by atoms with Crippen molar-refractivity contribution in [1.29, 1.82) is 10.5 Å². The lowest BCUT2D eigenvalue weighted by Crippen LogP contribution is -2.38. The van der Waals surface area contributed by atoms with Crippen LogP contribution in [-0.4, -0.2) is 4.57 Å². The Morgan fingerprint density at radius 2 is 1.56 bits per heavy atom. The highest BCUT2D eigenvalue weighted by molar-refractivity contribution is 7.07. The van der Waals surface area contributed by atoms with E-state index in [4.69, 9.17) is 52.1 Å². The lowest BCUT2D eigenvalue weighted by Gasteiger charge is -2.22. The monoisotopic (exact) mass is 518 g/mol. The van der Waals surface area contributed by atoms with Crippen molar-refractivity contribution >= 4 is 75.2 Å². The molecule has 1 aliphatic heterocycles. The molecule has 32 heavy (non-hydrogen) atoms. The first-order valence-corrected chi connectivity index (χ1v) is 11.3. The number of nitriles is 2. The van der Waals surface area contributed by atoms with Gasteiger partial charge < -0.3 is 5.73 Å². The van der Waals surface area contributed by atoms with Crippen molar-refractivity contribution in [3.05, 3.63) is 92.7 Å². The number of nitrogens with zero attached hydrogens (tertiary/aromatic N) is 3. The van der Waals surface area contributed by atoms with E-state index in [9.17, 15) is 15.3 Å². The molecule has 2 aromatic carbocycles. The lowest BCUT2D eigenvalue weighted by molar-refractivity contribution is 0.906. The Bertz CT molecular complexity index is 1590. The molecule has 5 nitrogen and oxygen atoms in total.